The Morgan fingerprint density at radius 2 is 1.96 bits per heavy atom. The minimum absolute atomic E-state index is 0.280. The molecule has 0 saturated heterocycles. The summed E-state index contributed by atoms with van der Waals surface area (Å²) in [6.45, 7) is 1.85. The number of benzene rings is 1. The molecule has 26 heavy (non-hydrogen) atoms. The summed E-state index contributed by atoms with van der Waals surface area (Å²) in [6, 6.07) is 18.0. The van der Waals surface area contributed by atoms with Gasteiger partial charge in [0.25, 0.3) is 0 Å². The number of nitrogens with zero attached hydrogens (tertiary/aromatic N) is 3. The number of likely N-dealkylation sites (N-methyl/N-ethyl adjacent to an activating group) is 1. The molecule has 3 rings (SSSR count). The third-order valence-electron chi connectivity index (χ3n) is 4.26. The Hall–Kier alpha value is -2.65. The van der Waals surface area contributed by atoms with Crippen LogP contribution in [-0.2, 0) is 17.9 Å². The number of hydrogen-bond acceptors (Lipinski definition) is 4. The first-order valence-corrected chi connectivity index (χ1v) is 8.64. The highest BCUT2D eigenvalue weighted by Crippen LogP contribution is 2.19. The maximum absolute atomic E-state index is 10.2. The van der Waals surface area contributed by atoms with Gasteiger partial charge in [0.2, 0.25) is 0 Å². The first-order valence-electron chi connectivity index (χ1n) is 8.64. The number of hydrogen-bond donors (Lipinski definition) is 1. The summed E-state index contributed by atoms with van der Waals surface area (Å²) in [5, 5.41) is 19.7. The van der Waals surface area contributed by atoms with Gasteiger partial charge in [-0.25, -0.2) is 0 Å². The molecule has 3 aromatic rings. The fraction of sp³-hybridized carbons (Fsp3) is 0.286. The van der Waals surface area contributed by atoms with Crippen LogP contribution >= 0.6 is 0 Å². The second-order valence-electron chi connectivity index (χ2n) is 6.49. The molecular weight excluding hydrogens is 326 g/mol. The van der Waals surface area contributed by atoms with E-state index in [1.807, 2.05) is 77.3 Å². The van der Waals surface area contributed by atoms with Crippen molar-refractivity contribution in [3.63, 3.8) is 0 Å². The summed E-state index contributed by atoms with van der Waals surface area (Å²) < 4.78 is 7.55. The van der Waals surface area contributed by atoms with Crippen molar-refractivity contribution < 1.29 is 9.84 Å². The van der Waals surface area contributed by atoms with Crippen molar-refractivity contribution in [3.05, 3.63) is 77.6 Å². The van der Waals surface area contributed by atoms with Gasteiger partial charge in [-0.15, -0.1) is 0 Å². The van der Waals surface area contributed by atoms with E-state index in [1.165, 1.54) is 0 Å². The number of ether oxygens (including phenoxy) is 1. The SMILES string of the molecule is CN(Cc1cn2ccccc2c1C#N)CC(O)COCc1ccccc1. The van der Waals surface area contributed by atoms with E-state index in [9.17, 15) is 10.4 Å². The zero-order chi connectivity index (χ0) is 18.4. The molecule has 1 aromatic carbocycles. The average molecular weight is 349 g/mol. The molecule has 0 aliphatic carbocycles. The minimum Gasteiger partial charge on any atom is -0.389 e. The topological polar surface area (TPSA) is 60.9 Å². The van der Waals surface area contributed by atoms with Crippen molar-refractivity contribution in [3.8, 4) is 6.07 Å². The number of pyridine rings is 1. The number of aliphatic hydroxyl groups is 1. The fourth-order valence-corrected chi connectivity index (χ4v) is 3.08. The maximum atomic E-state index is 10.2. The third kappa shape index (κ3) is 4.50. The van der Waals surface area contributed by atoms with Gasteiger partial charge in [0.15, 0.2) is 0 Å². The van der Waals surface area contributed by atoms with Crippen molar-refractivity contribution >= 4 is 5.52 Å². The van der Waals surface area contributed by atoms with Crippen LogP contribution in [0.3, 0.4) is 0 Å². The van der Waals surface area contributed by atoms with Gasteiger partial charge in [-0.05, 0) is 24.7 Å². The van der Waals surface area contributed by atoms with Crippen LogP contribution in [0.1, 0.15) is 16.7 Å². The highest BCUT2D eigenvalue weighted by molar-refractivity contribution is 5.65. The molecule has 0 fully saturated rings. The Kier molecular flexibility index (Phi) is 6.03. The smallest absolute Gasteiger partial charge is 0.102 e. The largest absolute Gasteiger partial charge is 0.389 e. The van der Waals surface area contributed by atoms with Crippen LogP contribution in [-0.4, -0.2) is 40.7 Å². The summed E-state index contributed by atoms with van der Waals surface area (Å²) in [5.41, 5.74) is 3.64. The lowest BCUT2D eigenvalue weighted by atomic mass is 10.1. The van der Waals surface area contributed by atoms with Crippen molar-refractivity contribution in [2.24, 2.45) is 0 Å². The Balaban J connectivity index is 1.52. The maximum Gasteiger partial charge on any atom is 0.102 e. The molecule has 0 aliphatic rings. The van der Waals surface area contributed by atoms with Crippen LogP contribution in [0.4, 0.5) is 0 Å². The second-order valence-corrected chi connectivity index (χ2v) is 6.49. The van der Waals surface area contributed by atoms with Crippen LogP contribution in [0.25, 0.3) is 5.52 Å². The van der Waals surface area contributed by atoms with Gasteiger partial charge in [-0.2, -0.15) is 5.26 Å². The van der Waals surface area contributed by atoms with E-state index in [1.54, 1.807) is 0 Å². The summed E-state index contributed by atoms with van der Waals surface area (Å²) in [5.74, 6) is 0. The molecule has 5 heteroatoms. The summed E-state index contributed by atoms with van der Waals surface area (Å²) >= 11 is 0. The monoisotopic (exact) mass is 349 g/mol. The van der Waals surface area contributed by atoms with Gasteiger partial charge in [-0.1, -0.05) is 36.4 Å². The minimum atomic E-state index is -0.578. The molecule has 0 bridgehead atoms. The fourth-order valence-electron chi connectivity index (χ4n) is 3.08. The van der Waals surface area contributed by atoms with Gasteiger partial charge >= 0.3 is 0 Å². The quantitative estimate of drug-likeness (QED) is 0.679. The molecule has 1 unspecified atom stereocenters. The Bertz CT molecular complexity index is 883. The predicted octanol–water partition coefficient (Wildman–Crippen LogP) is 2.82. The first kappa shape index (κ1) is 18.2. The normalized spacial score (nSPS) is 12.4. The van der Waals surface area contributed by atoms with Gasteiger partial charge in [0.05, 0.1) is 30.4 Å². The van der Waals surface area contributed by atoms with Crippen LogP contribution in [0, 0.1) is 11.3 Å². The molecule has 2 heterocycles. The highest BCUT2D eigenvalue weighted by atomic mass is 16.5. The lowest BCUT2D eigenvalue weighted by Crippen LogP contribution is -2.32. The van der Waals surface area contributed by atoms with Gasteiger partial charge in [-0.3, -0.25) is 4.90 Å². The summed E-state index contributed by atoms with van der Waals surface area (Å²) in [7, 11) is 1.93. The molecule has 1 atom stereocenters. The zero-order valence-corrected chi connectivity index (χ0v) is 14.9. The summed E-state index contributed by atoms with van der Waals surface area (Å²) in [6.07, 6.45) is 3.33. The third-order valence-corrected chi connectivity index (χ3v) is 4.26. The average Bonchev–Trinajstić information content (AvgIpc) is 2.99. The van der Waals surface area contributed by atoms with Crippen molar-refractivity contribution in [1.29, 1.82) is 5.26 Å². The molecule has 2 aromatic heterocycles. The van der Waals surface area contributed by atoms with Crippen LogP contribution in [0.2, 0.25) is 0 Å². The van der Waals surface area contributed by atoms with E-state index in [2.05, 4.69) is 6.07 Å². The molecule has 0 spiro atoms. The van der Waals surface area contributed by atoms with E-state index in [4.69, 9.17) is 4.74 Å². The molecule has 134 valence electrons. The van der Waals surface area contributed by atoms with E-state index in [0.29, 0.717) is 25.3 Å². The number of rotatable bonds is 8. The number of fused-ring (bicyclic) bond motifs is 1. The Labute approximate surface area is 153 Å². The standard InChI is InChI=1S/C21H23N3O2/c1-23(14-19(25)16-26-15-17-7-3-2-4-8-17)12-18-13-24-10-6-5-9-21(24)20(18)11-22/h2-10,13,19,25H,12,14-16H2,1H3. The predicted molar refractivity (Wildman–Crippen MR) is 101 cm³/mol. The van der Waals surface area contributed by atoms with Gasteiger partial charge in [0.1, 0.15) is 6.07 Å². The molecule has 1 N–H and O–H groups in total. The Morgan fingerprint density at radius 1 is 1.19 bits per heavy atom. The zero-order valence-electron chi connectivity index (χ0n) is 14.9. The van der Waals surface area contributed by atoms with Gasteiger partial charge < -0.3 is 14.2 Å². The highest BCUT2D eigenvalue weighted by Gasteiger charge is 2.14. The lowest BCUT2D eigenvalue weighted by molar-refractivity contribution is 0.0127. The second kappa shape index (κ2) is 8.63. The molecular formula is C21H23N3O2. The van der Waals surface area contributed by atoms with Crippen molar-refractivity contribution in [2.45, 2.75) is 19.3 Å². The molecule has 0 amide bonds. The molecule has 0 saturated carbocycles. The van der Waals surface area contributed by atoms with E-state index in [0.717, 1.165) is 16.6 Å². The summed E-state index contributed by atoms with van der Waals surface area (Å²) in [4.78, 5) is 2.01. The molecule has 5 nitrogen and oxygen atoms in total. The van der Waals surface area contributed by atoms with Crippen molar-refractivity contribution in [2.75, 3.05) is 20.2 Å². The van der Waals surface area contributed by atoms with E-state index < -0.39 is 6.10 Å². The van der Waals surface area contributed by atoms with Crippen LogP contribution < -0.4 is 0 Å². The Morgan fingerprint density at radius 3 is 2.73 bits per heavy atom. The molecule has 0 aliphatic heterocycles. The lowest BCUT2D eigenvalue weighted by Gasteiger charge is -2.20. The van der Waals surface area contributed by atoms with Crippen LogP contribution in [0.5, 0.6) is 0 Å². The number of aliphatic hydroxyl groups excluding tert-OH is 1. The van der Waals surface area contributed by atoms with Crippen molar-refractivity contribution in [1.82, 2.24) is 9.30 Å². The first-order chi connectivity index (χ1) is 12.7. The number of aromatic nitrogens is 1. The van der Waals surface area contributed by atoms with Gasteiger partial charge in [0, 0.05) is 31.0 Å². The van der Waals surface area contributed by atoms with Crippen LogP contribution in [0.15, 0.2) is 60.9 Å². The number of nitriles is 1. The van der Waals surface area contributed by atoms with E-state index in [-0.39, 0.29) is 6.61 Å². The van der Waals surface area contributed by atoms with E-state index >= 15 is 0 Å². The molecule has 0 radical (unpaired) electrons.